The van der Waals surface area contributed by atoms with E-state index >= 15 is 0 Å². The Morgan fingerprint density at radius 1 is 1.38 bits per heavy atom. The molecule has 0 fully saturated rings. The fraction of sp³-hybridized carbons (Fsp3) is 0.364. The third kappa shape index (κ3) is 2.90. The summed E-state index contributed by atoms with van der Waals surface area (Å²) >= 11 is 0. The number of carbonyl (C=O) groups excluding carboxylic acids is 1. The molecule has 0 radical (unpaired) electrons. The van der Waals surface area contributed by atoms with Crippen molar-refractivity contribution in [3.8, 4) is 0 Å². The van der Waals surface area contributed by atoms with E-state index in [0.29, 0.717) is 0 Å². The molecule has 0 spiro atoms. The van der Waals surface area contributed by atoms with Crippen LogP contribution in [-0.4, -0.2) is 6.41 Å². The van der Waals surface area contributed by atoms with E-state index in [0.717, 1.165) is 19.3 Å². The summed E-state index contributed by atoms with van der Waals surface area (Å²) in [5, 5.41) is 2.82. The van der Waals surface area contributed by atoms with Crippen molar-refractivity contribution in [3.05, 3.63) is 35.9 Å². The molecule has 1 unspecified atom stereocenters. The Morgan fingerprint density at radius 2 is 2.08 bits per heavy atom. The molecular weight excluding hydrogens is 162 g/mol. The Labute approximate surface area is 79.0 Å². The van der Waals surface area contributed by atoms with E-state index in [9.17, 15) is 4.79 Å². The molecule has 0 aromatic heterocycles. The normalized spacial score (nSPS) is 12.1. The Bertz CT molecular complexity index is 246. The molecule has 2 nitrogen and oxygen atoms in total. The largest absolute Gasteiger partial charge is 0.352 e. The Kier molecular flexibility index (Phi) is 4.03. The number of hydrogen-bond acceptors (Lipinski definition) is 1. The summed E-state index contributed by atoms with van der Waals surface area (Å²) in [5.74, 6) is 0. The van der Waals surface area contributed by atoms with Gasteiger partial charge in [0, 0.05) is 0 Å². The lowest BCUT2D eigenvalue weighted by atomic mass is 10.0. The third-order valence-corrected chi connectivity index (χ3v) is 2.05. The summed E-state index contributed by atoms with van der Waals surface area (Å²) in [6.07, 6.45) is 2.83. The van der Waals surface area contributed by atoms with Crippen LogP contribution in [0.5, 0.6) is 0 Å². The molecule has 1 aromatic carbocycles. The van der Waals surface area contributed by atoms with Crippen molar-refractivity contribution in [1.82, 2.24) is 5.32 Å². The summed E-state index contributed by atoms with van der Waals surface area (Å²) in [6.45, 7) is 2.11. The van der Waals surface area contributed by atoms with Crippen LogP contribution < -0.4 is 5.32 Å². The maximum absolute atomic E-state index is 10.4. The van der Waals surface area contributed by atoms with Gasteiger partial charge in [-0.15, -0.1) is 0 Å². The van der Waals surface area contributed by atoms with Crippen LogP contribution in [0.4, 0.5) is 0 Å². The van der Waals surface area contributed by atoms with Gasteiger partial charge in [0.1, 0.15) is 0 Å². The Hall–Kier alpha value is -1.31. The second-order valence-corrected chi connectivity index (χ2v) is 3.04. The smallest absolute Gasteiger partial charge is 0.207 e. The van der Waals surface area contributed by atoms with Gasteiger partial charge in [-0.2, -0.15) is 0 Å². The lowest BCUT2D eigenvalue weighted by Crippen LogP contribution is -2.19. The molecule has 0 saturated heterocycles. The minimum absolute atomic E-state index is 0.170. The topological polar surface area (TPSA) is 29.1 Å². The molecule has 1 atom stereocenters. The van der Waals surface area contributed by atoms with Crippen LogP contribution in [0.25, 0.3) is 0 Å². The van der Waals surface area contributed by atoms with Gasteiger partial charge in [-0.05, 0) is 12.0 Å². The highest BCUT2D eigenvalue weighted by molar-refractivity contribution is 5.47. The van der Waals surface area contributed by atoms with E-state index in [2.05, 4.69) is 12.2 Å². The van der Waals surface area contributed by atoms with Crippen LogP contribution in [0.3, 0.4) is 0 Å². The Balaban J connectivity index is 2.69. The Morgan fingerprint density at radius 3 is 2.62 bits per heavy atom. The first-order chi connectivity index (χ1) is 6.38. The number of carbonyl (C=O) groups is 1. The van der Waals surface area contributed by atoms with Crippen molar-refractivity contribution in [3.63, 3.8) is 0 Å². The molecule has 0 aliphatic carbocycles. The summed E-state index contributed by atoms with van der Waals surface area (Å²) in [7, 11) is 0. The molecule has 1 N–H and O–H groups in total. The number of hydrogen-bond donors (Lipinski definition) is 1. The van der Waals surface area contributed by atoms with Gasteiger partial charge in [0.05, 0.1) is 6.04 Å². The molecule has 1 amide bonds. The van der Waals surface area contributed by atoms with Gasteiger partial charge >= 0.3 is 0 Å². The number of amides is 1. The van der Waals surface area contributed by atoms with Crippen LogP contribution in [0.15, 0.2) is 30.3 Å². The molecule has 2 heteroatoms. The van der Waals surface area contributed by atoms with Gasteiger partial charge < -0.3 is 5.32 Å². The van der Waals surface area contributed by atoms with Gasteiger partial charge in [-0.3, -0.25) is 4.79 Å². The molecule has 0 bridgehead atoms. The lowest BCUT2D eigenvalue weighted by Gasteiger charge is -2.14. The molecule has 0 heterocycles. The zero-order valence-corrected chi connectivity index (χ0v) is 7.86. The van der Waals surface area contributed by atoms with E-state index in [1.165, 1.54) is 5.56 Å². The fourth-order valence-electron chi connectivity index (χ4n) is 1.40. The summed E-state index contributed by atoms with van der Waals surface area (Å²) in [5.41, 5.74) is 1.18. The van der Waals surface area contributed by atoms with Gasteiger partial charge in [0.2, 0.25) is 6.41 Å². The SMILES string of the molecule is CCCC(NC=O)c1ccccc1. The summed E-state index contributed by atoms with van der Waals surface area (Å²) in [6, 6.07) is 10.2. The molecule has 1 rings (SSSR count). The summed E-state index contributed by atoms with van der Waals surface area (Å²) in [4.78, 5) is 10.4. The second kappa shape index (κ2) is 5.36. The predicted molar refractivity (Wildman–Crippen MR) is 53.3 cm³/mol. The van der Waals surface area contributed by atoms with Crippen LogP contribution in [0.2, 0.25) is 0 Å². The van der Waals surface area contributed by atoms with Crippen molar-refractivity contribution in [2.24, 2.45) is 0 Å². The lowest BCUT2D eigenvalue weighted by molar-refractivity contribution is -0.110. The zero-order valence-electron chi connectivity index (χ0n) is 7.86. The quantitative estimate of drug-likeness (QED) is 0.687. The number of rotatable bonds is 5. The maximum atomic E-state index is 10.4. The van der Waals surface area contributed by atoms with Crippen molar-refractivity contribution < 1.29 is 4.79 Å². The van der Waals surface area contributed by atoms with Crippen LogP contribution in [-0.2, 0) is 4.79 Å². The second-order valence-electron chi connectivity index (χ2n) is 3.04. The highest BCUT2D eigenvalue weighted by Gasteiger charge is 2.07. The first-order valence-electron chi connectivity index (χ1n) is 4.63. The molecule has 13 heavy (non-hydrogen) atoms. The van der Waals surface area contributed by atoms with Gasteiger partial charge in [-0.1, -0.05) is 43.7 Å². The van der Waals surface area contributed by atoms with E-state index in [1.807, 2.05) is 30.3 Å². The van der Waals surface area contributed by atoms with E-state index in [4.69, 9.17) is 0 Å². The predicted octanol–water partition coefficient (Wildman–Crippen LogP) is 2.27. The molecular formula is C11H15NO. The van der Waals surface area contributed by atoms with Crippen LogP contribution in [0.1, 0.15) is 31.4 Å². The van der Waals surface area contributed by atoms with Crippen molar-refractivity contribution >= 4 is 6.41 Å². The first-order valence-corrected chi connectivity index (χ1v) is 4.63. The van der Waals surface area contributed by atoms with Gasteiger partial charge in [-0.25, -0.2) is 0 Å². The highest BCUT2D eigenvalue weighted by atomic mass is 16.1. The van der Waals surface area contributed by atoms with E-state index in [1.54, 1.807) is 0 Å². The minimum Gasteiger partial charge on any atom is -0.352 e. The number of nitrogens with one attached hydrogen (secondary N) is 1. The van der Waals surface area contributed by atoms with Crippen molar-refractivity contribution in [1.29, 1.82) is 0 Å². The van der Waals surface area contributed by atoms with E-state index in [-0.39, 0.29) is 6.04 Å². The molecule has 0 aliphatic heterocycles. The average molecular weight is 177 g/mol. The van der Waals surface area contributed by atoms with Gasteiger partial charge in [0.15, 0.2) is 0 Å². The van der Waals surface area contributed by atoms with Gasteiger partial charge in [0.25, 0.3) is 0 Å². The average Bonchev–Trinajstić information content (AvgIpc) is 2.19. The number of benzene rings is 1. The summed E-state index contributed by atoms with van der Waals surface area (Å²) < 4.78 is 0. The zero-order chi connectivity index (χ0) is 9.52. The van der Waals surface area contributed by atoms with E-state index < -0.39 is 0 Å². The molecule has 70 valence electrons. The van der Waals surface area contributed by atoms with Crippen LogP contribution in [0, 0.1) is 0 Å². The highest BCUT2D eigenvalue weighted by Crippen LogP contribution is 2.16. The van der Waals surface area contributed by atoms with Crippen LogP contribution >= 0.6 is 0 Å². The molecule has 1 aromatic rings. The molecule has 0 aliphatic rings. The minimum atomic E-state index is 0.170. The van der Waals surface area contributed by atoms with Crippen molar-refractivity contribution in [2.75, 3.05) is 0 Å². The van der Waals surface area contributed by atoms with Crippen molar-refractivity contribution in [2.45, 2.75) is 25.8 Å². The molecule has 0 saturated carbocycles. The third-order valence-electron chi connectivity index (χ3n) is 2.05. The first kappa shape index (κ1) is 9.78. The fourth-order valence-corrected chi connectivity index (χ4v) is 1.40. The maximum Gasteiger partial charge on any atom is 0.207 e. The standard InChI is InChI=1S/C11H15NO/c1-2-6-11(12-9-13)10-7-4-3-5-8-10/h3-5,7-9,11H,2,6H2,1H3,(H,12,13). The monoisotopic (exact) mass is 177 g/mol.